The molecule has 3 aliphatic rings. The number of hydrogen-bond acceptors (Lipinski definition) is 5. The van der Waals surface area contributed by atoms with Crippen molar-refractivity contribution in [2.24, 2.45) is 5.92 Å². The summed E-state index contributed by atoms with van der Waals surface area (Å²) in [5.74, 6) is 2.86. The van der Waals surface area contributed by atoms with Crippen LogP contribution in [0.1, 0.15) is 50.0 Å². The van der Waals surface area contributed by atoms with Crippen molar-refractivity contribution in [1.29, 1.82) is 0 Å². The molecule has 5 nitrogen and oxygen atoms in total. The summed E-state index contributed by atoms with van der Waals surface area (Å²) in [4.78, 5) is 5.05. The molecule has 0 radical (unpaired) electrons. The summed E-state index contributed by atoms with van der Waals surface area (Å²) < 4.78 is 18.4. The SMILES string of the molecule is COC(C1CCCCC1)C(CCN1CCN(C2COc3ccccc3O2)CC1)c1ccccc1. The molecule has 3 unspecified atom stereocenters. The predicted molar refractivity (Wildman–Crippen MR) is 136 cm³/mol. The molecule has 0 aromatic heterocycles. The van der Waals surface area contributed by atoms with Crippen molar-refractivity contribution >= 4 is 0 Å². The molecule has 5 rings (SSSR count). The van der Waals surface area contributed by atoms with Crippen LogP contribution in [0.2, 0.25) is 0 Å². The molecule has 1 saturated heterocycles. The number of nitrogens with zero attached hydrogens (tertiary/aromatic N) is 2. The van der Waals surface area contributed by atoms with Crippen molar-refractivity contribution < 1.29 is 14.2 Å². The first-order chi connectivity index (χ1) is 16.8. The van der Waals surface area contributed by atoms with E-state index in [4.69, 9.17) is 14.2 Å². The minimum atomic E-state index is 0.0123. The highest BCUT2D eigenvalue weighted by atomic mass is 16.6. The number of hydrogen-bond donors (Lipinski definition) is 0. The Morgan fingerprint density at radius 1 is 0.882 bits per heavy atom. The van der Waals surface area contributed by atoms with Gasteiger partial charge in [-0.05, 0) is 49.4 Å². The van der Waals surface area contributed by atoms with E-state index in [0.29, 0.717) is 24.5 Å². The van der Waals surface area contributed by atoms with Crippen LogP contribution < -0.4 is 9.47 Å². The Morgan fingerprint density at radius 2 is 1.59 bits per heavy atom. The smallest absolute Gasteiger partial charge is 0.187 e. The lowest BCUT2D eigenvalue weighted by Gasteiger charge is -2.41. The highest BCUT2D eigenvalue weighted by Crippen LogP contribution is 2.37. The molecular weight excluding hydrogens is 424 g/mol. The van der Waals surface area contributed by atoms with E-state index in [1.165, 1.54) is 37.7 Å². The van der Waals surface area contributed by atoms with Crippen molar-refractivity contribution in [2.45, 2.75) is 56.8 Å². The molecule has 34 heavy (non-hydrogen) atoms. The fraction of sp³-hybridized carbons (Fsp3) is 0.586. The molecule has 2 aliphatic heterocycles. The molecule has 0 spiro atoms. The second-order valence-corrected chi connectivity index (χ2v) is 10.1. The standard InChI is InChI=1S/C29H40N2O3/c1-32-29(24-12-6-3-7-13-24)25(23-10-4-2-5-11-23)16-17-30-18-20-31(21-19-30)28-22-33-26-14-8-9-15-27(26)34-28/h2,4-5,8-11,14-15,24-25,28-29H,3,6-7,12-13,16-22H2,1H3. The molecule has 0 bridgehead atoms. The number of para-hydroxylation sites is 2. The lowest BCUT2D eigenvalue weighted by molar-refractivity contribution is -0.0504. The lowest BCUT2D eigenvalue weighted by Crippen LogP contribution is -2.54. The zero-order valence-corrected chi connectivity index (χ0v) is 20.6. The van der Waals surface area contributed by atoms with Gasteiger partial charge in [-0.3, -0.25) is 4.90 Å². The fourth-order valence-electron chi connectivity index (χ4n) is 6.15. The zero-order chi connectivity index (χ0) is 23.2. The van der Waals surface area contributed by atoms with E-state index in [9.17, 15) is 0 Å². The van der Waals surface area contributed by atoms with Gasteiger partial charge in [0.2, 0.25) is 0 Å². The first kappa shape index (κ1) is 23.7. The minimum absolute atomic E-state index is 0.0123. The van der Waals surface area contributed by atoms with E-state index in [1.54, 1.807) is 0 Å². The van der Waals surface area contributed by atoms with Gasteiger partial charge in [0.05, 0.1) is 6.10 Å². The molecule has 1 saturated carbocycles. The maximum absolute atomic E-state index is 6.24. The number of ether oxygens (including phenoxy) is 3. The van der Waals surface area contributed by atoms with E-state index in [-0.39, 0.29) is 6.23 Å². The van der Waals surface area contributed by atoms with Gasteiger partial charge in [0.15, 0.2) is 17.7 Å². The van der Waals surface area contributed by atoms with Crippen LogP contribution in [0.5, 0.6) is 11.5 Å². The van der Waals surface area contributed by atoms with Crippen LogP contribution in [0.4, 0.5) is 0 Å². The van der Waals surface area contributed by atoms with Crippen molar-refractivity contribution in [2.75, 3.05) is 46.4 Å². The van der Waals surface area contributed by atoms with Gasteiger partial charge < -0.3 is 19.1 Å². The molecule has 2 heterocycles. The molecular formula is C29H40N2O3. The Bertz CT molecular complexity index is 878. The summed E-state index contributed by atoms with van der Waals surface area (Å²) in [6.45, 7) is 5.90. The van der Waals surface area contributed by atoms with E-state index in [0.717, 1.165) is 50.6 Å². The van der Waals surface area contributed by atoms with Crippen molar-refractivity contribution in [3.63, 3.8) is 0 Å². The molecule has 0 amide bonds. The molecule has 184 valence electrons. The summed E-state index contributed by atoms with van der Waals surface area (Å²) in [6.07, 6.45) is 8.19. The summed E-state index contributed by atoms with van der Waals surface area (Å²) >= 11 is 0. The van der Waals surface area contributed by atoms with Crippen molar-refractivity contribution in [3.05, 3.63) is 60.2 Å². The van der Waals surface area contributed by atoms with Crippen molar-refractivity contribution in [3.8, 4) is 11.5 Å². The van der Waals surface area contributed by atoms with E-state index < -0.39 is 0 Å². The minimum Gasteiger partial charge on any atom is -0.484 e. The molecule has 2 aromatic carbocycles. The van der Waals surface area contributed by atoms with Crippen LogP contribution in [0.15, 0.2) is 54.6 Å². The third-order valence-electron chi connectivity index (χ3n) is 8.07. The fourth-order valence-corrected chi connectivity index (χ4v) is 6.15. The molecule has 5 heteroatoms. The van der Waals surface area contributed by atoms with E-state index >= 15 is 0 Å². The first-order valence-electron chi connectivity index (χ1n) is 13.2. The van der Waals surface area contributed by atoms with Crippen LogP contribution in [-0.4, -0.2) is 68.6 Å². The van der Waals surface area contributed by atoms with Crippen LogP contribution in [-0.2, 0) is 4.74 Å². The summed E-state index contributed by atoms with van der Waals surface area (Å²) in [5, 5.41) is 0. The highest BCUT2D eigenvalue weighted by Gasteiger charge is 2.33. The van der Waals surface area contributed by atoms with Gasteiger partial charge in [0.25, 0.3) is 0 Å². The zero-order valence-electron chi connectivity index (χ0n) is 20.6. The predicted octanol–water partition coefficient (Wildman–Crippen LogP) is 5.17. The Hall–Kier alpha value is -2.08. The highest BCUT2D eigenvalue weighted by molar-refractivity contribution is 5.40. The van der Waals surface area contributed by atoms with Crippen LogP contribution >= 0.6 is 0 Å². The van der Waals surface area contributed by atoms with E-state index in [1.807, 2.05) is 31.4 Å². The van der Waals surface area contributed by atoms with Gasteiger partial charge in [0, 0.05) is 39.2 Å². The second-order valence-electron chi connectivity index (χ2n) is 10.1. The van der Waals surface area contributed by atoms with Gasteiger partial charge >= 0.3 is 0 Å². The van der Waals surface area contributed by atoms with Crippen molar-refractivity contribution in [1.82, 2.24) is 9.80 Å². The quantitative estimate of drug-likeness (QED) is 0.538. The Labute approximate surface area is 205 Å². The molecule has 3 atom stereocenters. The molecule has 1 aliphatic carbocycles. The lowest BCUT2D eigenvalue weighted by atomic mass is 9.77. The number of methoxy groups -OCH3 is 1. The topological polar surface area (TPSA) is 34.2 Å². The summed E-state index contributed by atoms with van der Waals surface area (Å²) in [5.41, 5.74) is 1.44. The average Bonchev–Trinajstić information content (AvgIpc) is 2.92. The maximum Gasteiger partial charge on any atom is 0.187 e. The Balaban J connectivity index is 1.17. The average molecular weight is 465 g/mol. The largest absolute Gasteiger partial charge is 0.484 e. The maximum atomic E-state index is 6.24. The van der Waals surface area contributed by atoms with Gasteiger partial charge in [-0.15, -0.1) is 0 Å². The Kier molecular flexibility index (Phi) is 8.05. The summed E-state index contributed by atoms with van der Waals surface area (Å²) in [6, 6.07) is 19.1. The monoisotopic (exact) mass is 464 g/mol. The number of rotatable bonds is 8. The van der Waals surface area contributed by atoms with Crippen LogP contribution in [0.3, 0.4) is 0 Å². The van der Waals surface area contributed by atoms with Gasteiger partial charge in [-0.2, -0.15) is 0 Å². The number of fused-ring (bicyclic) bond motifs is 1. The first-order valence-corrected chi connectivity index (χ1v) is 13.2. The Morgan fingerprint density at radius 3 is 2.32 bits per heavy atom. The van der Waals surface area contributed by atoms with Crippen LogP contribution in [0.25, 0.3) is 0 Å². The third kappa shape index (κ3) is 5.59. The normalized spacial score (nSPS) is 24.0. The number of piperazine rings is 1. The van der Waals surface area contributed by atoms with E-state index in [2.05, 4.69) is 40.1 Å². The second kappa shape index (κ2) is 11.6. The molecule has 2 fully saturated rings. The molecule has 0 N–H and O–H groups in total. The van der Waals surface area contributed by atoms with Gasteiger partial charge in [-0.1, -0.05) is 61.7 Å². The van der Waals surface area contributed by atoms with Gasteiger partial charge in [-0.25, -0.2) is 0 Å². The third-order valence-corrected chi connectivity index (χ3v) is 8.07. The number of benzene rings is 2. The summed E-state index contributed by atoms with van der Waals surface area (Å²) in [7, 11) is 1.93. The van der Waals surface area contributed by atoms with Gasteiger partial charge in [0.1, 0.15) is 6.61 Å². The molecule has 2 aromatic rings. The van der Waals surface area contributed by atoms with Crippen LogP contribution in [0, 0.1) is 5.92 Å².